The Balaban J connectivity index is 2.56. The maximum absolute atomic E-state index is 10.7. The zero-order chi connectivity index (χ0) is 14.9. The van der Waals surface area contributed by atoms with Gasteiger partial charge in [-0.2, -0.15) is 0 Å². The molecule has 0 saturated carbocycles. The van der Waals surface area contributed by atoms with Crippen molar-refractivity contribution in [1.82, 2.24) is 0 Å². The Morgan fingerprint density at radius 3 is 2.35 bits per heavy atom. The zero-order valence-electron chi connectivity index (χ0n) is 12.2. The minimum atomic E-state index is -0.693. The van der Waals surface area contributed by atoms with Crippen LogP contribution in [0.3, 0.4) is 0 Å². The second-order valence-electron chi connectivity index (χ2n) is 4.99. The molecule has 0 saturated heterocycles. The highest BCUT2D eigenvalue weighted by atomic mass is 79.9. The lowest BCUT2D eigenvalue weighted by Crippen LogP contribution is -2.06. The molecule has 0 heterocycles. The molecule has 1 atom stereocenters. The number of aliphatic hydroxyl groups excluding tert-OH is 1. The smallest absolute Gasteiger partial charge is 0.128 e. The molecule has 0 bridgehead atoms. The van der Waals surface area contributed by atoms with E-state index in [1.807, 2.05) is 51.1 Å². The molecule has 106 valence electrons. The van der Waals surface area contributed by atoms with E-state index in [-0.39, 0.29) is 0 Å². The Morgan fingerprint density at radius 1 is 1.00 bits per heavy atom. The van der Waals surface area contributed by atoms with Gasteiger partial charge < -0.3 is 9.84 Å². The topological polar surface area (TPSA) is 29.5 Å². The number of ether oxygens (including phenoxy) is 1. The Hall–Kier alpha value is -1.32. The summed E-state index contributed by atoms with van der Waals surface area (Å²) < 4.78 is 6.50. The van der Waals surface area contributed by atoms with Crippen molar-refractivity contribution in [2.75, 3.05) is 7.11 Å². The van der Waals surface area contributed by atoms with Gasteiger partial charge in [0.2, 0.25) is 0 Å². The number of aryl methyl sites for hydroxylation is 1. The van der Waals surface area contributed by atoms with Gasteiger partial charge in [0.25, 0.3) is 0 Å². The van der Waals surface area contributed by atoms with Crippen LogP contribution in [0.25, 0.3) is 0 Å². The fourth-order valence-corrected chi connectivity index (χ4v) is 2.77. The minimum absolute atomic E-state index is 0.693. The number of methoxy groups -OCH3 is 1. The van der Waals surface area contributed by atoms with Crippen molar-refractivity contribution in [3.05, 3.63) is 62.6 Å². The first-order valence-electron chi connectivity index (χ1n) is 6.54. The molecular formula is C17H19BrO2. The predicted octanol–water partition coefficient (Wildman–Crippen LogP) is 4.46. The Labute approximate surface area is 128 Å². The second-order valence-corrected chi connectivity index (χ2v) is 5.84. The summed E-state index contributed by atoms with van der Waals surface area (Å²) in [5.74, 6) is 0.761. The first kappa shape index (κ1) is 15.1. The van der Waals surface area contributed by atoms with Crippen molar-refractivity contribution >= 4 is 15.9 Å². The Kier molecular flexibility index (Phi) is 4.51. The molecule has 20 heavy (non-hydrogen) atoms. The Morgan fingerprint density at radius 2 is 1.70 bits per heavy atom. The molecule has 2 rings (SSSR count). The van der Waals surface area contributed by atoms with Gasteiger partial charge in [0, 0.05) is 10.0 Å². The highest BCUT2D eigenvalue weighted by molar-refractivity contribution is 9.10. The maximum atomic E-state index is 10.7. The van der Waals surface area contributed by atoms with Crippen LogP contribution in [-0.2, 0) is 0 Å². The van der Waals surface area contributed by atoms with Gasteiger partial charge >= 0.3 is 0 Å². The molecule has 0 aliphatic heterocycles. The van der Waals surface area contributed by atoms with Gasteiger partial charge in [-0.3, -0.25) is 0 Å². The van der Waals surface area contributed by atoms with Gasteiger partial charge in [0.05, 0.1) is 7.11 Å². The zero-order valence-corrected chi connectivity index (χ0v) is 13.8. The van der Waals surface area contributed by atoms with Crippen molar-refractivity contribution in [1.29, 1.82) is 0 Å². The molecule has 2 aromatic rings. The van der Waals surface area contributed by atoms with Crippen LogP contribution in [0.2, 0.25) is 0 Å². The minimum Gasteiger partial charge on any atom is -0.496 e. The molecule has 0 aliphatic carbocycles. The van der Waals surface area contributed by atoms with E-state index in [9.17, 15) is 5.11 Å². The summed E-state index contributed by atoms with van der Waals surface area (Å²) in [5.41, 5.74) is 4.96. The predicted molar refractivity (Wildman–Crippen MR) is 85.4 cm³/mol. The number of hydrogen-bond donors (Lipinski definition) is 1. The van der Waals surface area contributed by atoms with Crippen LogP contribution in [0.4, 0.5) is 0 Å². The summed E-state index contributed by atoms with van der Waals surface area (Å²) in [5, 5.41) is 10.7. The molecule has 0 fully saturated rings. The van der Waals surface area contributed by atoms with Crippen LogP contribution in [0.5, 0.6) is 5.75 Å². The average Bonchev–Trinajstić information content (AvgIpc) is 2.44. The number of hydrogen-bond acceptors (Lipinski definition) is 2. The number of rotatable bonds is 3. The summed E-state index contributed by atoms with van der Waals surface area (Å²) in [6.45, 7) is 6.05. The summed E-state index contributed by atoms with van der Waals surface area (Å²) in [7, 11) is 1.64. The molecule has 2 aromatic carbocycles. The SMILES string of the molecule is COc1c(C(O)c2cccc(Br)c2C)ccc(C)c1C. The molecule has 2 nitrogen and oxygen atoms in total. The first-order chi connectivity index (χ1) is 9.47. The van der Waals surface area contributed by atoms with E-state index in [2.05, 4.69) is 15.9 Å². The van der Waals surface area contributed by atoms with Gasteiger partial charge in [-0.25, -0.2) is 0 Å². The van der Waals surface area contributed by atoms with E-state index in [0.29, 0.717) is 0 Å². The fourth-order valence-electron chi connectivity index (χ4n) is 2.39. The third kappa shape index (κ3) is 2.60. The standard InChI is InChI=1S/C17H19BrO2/c1-10-8-9-14(17(20-4)11(10)2)16(19)13-6-5-7-15(18)12(13)3/h5-9,16,19H,1-4H3. The fraction of sp³-hybridized carbons (Fsp3) is 0.294. The first-order valence-corrected chi connectivity index (χ1v) is 7.33. The monoisotopic (exact) mass is 334 g/mol. The quantitative estimate of drug-likeness (QED) is 0.897. The number of halogens is 1. The van der Waals surface area contributed by atoms with E-state index in [1.54, 1.807) is 7.11 Å². The van der Waals surface area contributed by atoms with E-state index in [4.69, 9.17) is 4.74 Å². The van der Waals surface area contributed by atoms with Gasteiger partial charge in [-0.15, -0.1) is 0 Å². The molecule has 3 heteroatoms. The summed E-state index contributed by atoms with van der Waals surface area (Å²) in [6, 6.07) is 9.81. The molecule has 0 radical (unpaired) electrons. The van der Waals surface area contributed by atoms with Crippen molar-refractivity contribution in [2.45, 2.75) is 26.9 Å². The van der Waals surface area contributed by atoms with Gasteiger partial charge in [-0.05, 0) is 49.1 Å². The van der Waals surface area contributed by atoms with E-state index >= 15 is 0 Å². The summed E-state index contributed by atoms with van der Waals surface area (Å²) in [4.78, 5) is 0. The lowest BCUT2D eigenvalue weighted by molar-refractivity contribution is 0.213. The van der Waals surface area contributed by atoms with E-state index < -0.39 is 6.10 Å². The summed E-state index contributed by atoms with van der Waals surface area (Å²) in [6.07, 6.45) is -0.693. The highest BCUT2D eigenvalue weighted by Crippen LogP contribution is 2.36. The van der Waals surface area contributed by atoms with Gasteiger partial charge in [0.1, 0.15) is 11.9 Å². The van der Waals surface area contributed by atoms with Crippen molar-refractivity contribution in [3.63, 3.8) is 0 Å². The van der Waals surface area contributed by atoms with Crippen LogP contribution in [-0.4, -0.2) is 12.2 Å². The maximum Gasteiger partial charge on any atom is 0.128 e. The van der Waals surface area contributed by atoms with Crippen LogP contribution >= 0.6 is 15.9 Å². The van der Waals surface area contributed by atoms with Gasteiger partial charge in [-0.1, -0.05) is 40.2 Å². The van der Waals surface area contributed by atoms with Crippen LogP contribution in [0.15, 0.2) is 34.8 Å². The van der Waals surface area contributed by atoms with Gasteiger partial charge in [0.15, 0.2) is 0 Å². The van der Waals surface area contributed by atoms with Crippen LogP contribution in [0, 0.1) is 20.8 Å². The lowest BCUT2D eigenvalue weighted by Gasteiger charge is -2.20. The molecular weight excluding hydrogens is 316 g/mol. The van der Waals surface area contributed by atoms with Crippen molar-refractivity contribution < 1.29 is 9.84 Å². The number of benzene rings is 2. The molecule has 0 aromatic heterocycles. The molecule has 0 spiro atoms. The normalized spacial score (nSPS) is 12.3. The second kappa shape index (κ2) is 5.98. The Bertz CT molecular complexity index is 635. The van der Waals surface area contributed by atoms with Crippen molar-refractivity contribution in [2.24, 2.45) is 0 Å². The van der Waals surface area contributed by atoms with E-state index in [1.165, 1.54) is 0 Å². The third-order valence-electron chi connectivity index (χ3n) is 3.81. The van der Waals surface area contributed by atoms with Crippen molar-refractivity contribution in [3.8, 4) is 5.75 Å². The van der Waals surface area contributed by atoms with Crippen LogP contribution in [0.1, 0.15) is 33.9 Å². The number of aliphatic hydroxyl groups is 1. The van der Waals surface area contributed by atoms with Crippen LogP contribution < -0.4 is 4.74 Å². The molecule has 0 amide bonds. The third-order valence-corrected chi connectivity index (χ3v) is 4.67. The summed E-state index contributed by atoms with van der Waals surface area (Å²) >= 11 is 3.51. The molecule has 1 unspecified atom stereocenters. The average molecular weight is 335 g/mol. The largest absolute Gasteiger partial charge is 0.496 e. The molecule has 1 N–H and O–H groups in total. The highest BCUT2D eigenvalue weighted by Gasteiger charge is 2.20. The molecule has 0 aliphatic rings. The van der Waals surface area contributed by atoms with E-state index in [0.717, 1.165) is 38.0 Å². The lowest BCUT2D eigenvalue weighted by atomic mass is 9.94.